The molecule has 9 aromatic rings. The fourth-order valence-electron chi connectivity index (χ4n) is 7.63. The second-order valence-corrected chi connectivity index (χ2v) is 13.0. The lowest BCUT2D eigenvalue weighted by atomic mass is 9.82. The summed E-state index contributed by atoms with van der Waals surface area (Å²) in [6.45, 7) is 4.62. The van der Waals surface area contributed by atoms with Gasteiger partial charge in [0.2, 0.25) is 0 Å². The fourth-order valence-corrected chi connectivity index (χ4v) is 7.63. The first-order valence-electron chi connectivity index (χ1n) is 16.0. The summed E-state index contributed by atoms with van der Waals surface area (Å²) in [6.07, 6.45) is 0. The molecule has 0 unspecified atom stereocenters. The highest BCUT2D eigenvalue weighted by Crippen LogP contribution is 2.52. The first-order chi connectivity index (χ1) is 23.0. The van der Waals surface area contributed by atoms with Gasteiger partial charge in [-0.3, -0.25) is 0 Å². The first-order valence-corrected chi connectivity index (χ1v) is 16.0. The van der Waals surface area contributed by atoms with Gasteiger partial charge in [0.05, 0.1) is 11.4 Å². The standard InChI is InChI=1S/C43H28N2O2/c1-43(2)33-17-6-3-13-30(33)40-31(15-10-18-34(40)43)35-24-36(32-16-9-14-29-27-12-5-8-20-38(27)47-41(29)32)45-42(44-35)25-21-22-28-26-11-4-7-19-37(26)46-39(28)23-25/h3-24H,1-2H3. The van der Waals surface area contributed by atoms with Gasteiger partial charge >= 0.3 is 0 Å². The molecule has 0 N–H and O–H groups in total. The normalized spacial score (nSPS) is 13.5. The number of hydrogen-bond acceptors (Lipinski definition) is 4. The van der Waals surface area contributed by atoms with Crippen LogP contribution in [0.4, 0.5) is 0 Å². The van der Waals surface area contributed by atoms with E-state index in [0.29, 0.717) is 5.82 Å². The van der Waals surface area contributed by atoms with E-state index >= 15 is 0 Å². The van der Waals surface area contributed by atoms with Gasteiger partial charge in [-0.15, -0.1) is 0 Å². The average molecular weight is 605 g/mol. The van der Waals surface area contributed by atoms with E-state index < -0.39 is 0 Å². The van der Waals surface area contributed by atoms with Crippen molar-refractivity contribution in [3.05, 3.63) is 145 Å². The number of nitrogens with zero attached hydrogens (tertiary/aromatic N) is 2. The predicted molar refractivity (Wildman–Crippen MR) is 190 cm³/mol. The third-order valence-electron chi connectivity index (χ3n) is 9.93. The quantitative estimate of drug-likeness (QED) is 0.201. The van der Waals surface area contributed by atoms with E-state index in [0.717, 1.165) is 72.0 Å². The predicted octanol–water partition coefficient (Wildman–Crippen LogP) is 11.6. The van der Waals surface area contributed by atoms with Gasteiger partial charge in [-0.05, 0) is 58.7 Å². The van der Waals surface area contributed by atoms with Gasteiger partial charge in [-0.25, -0.2) is 9.97 Å². The lowest BCUT2D eigenvalue weighted by Crippen LogP contribution is -2.14. The van der Waals surface area contributed by atoms with Gasteiger partial charge in [0, 0.05) is 43.7 Å². The van der Waals surface area contributed by atoms with Crippen LogP contribution in [0.3, 0.4) is 0 Å². The molecule has 4 heteroatoms. The number of benzene rings is 6. The van der Waals surface area contributed by atoms with Crippen LogP contribution in [0.25, 0.3) is 88.9 Å². The maximum Gasteiger partial charge on any atom is 0.160 e. The largest absolute Gasteiger partial charge is 0.456 e. The lowest BCUT2D eigenvalue weighted by molar-refractivity contribution is 0.660. The Bertz CT molecular complexity index is 2730. The number of fused-ring (bicyclic) bond motifs is 9. The Morgan fingerprint density at radius 1 is 0.468 bits per heavy atom. The summed E-state index contributed by atoms with van der Waals surface area (Å²) < 4.78 is 12.8. The topological polar surface area (TPSA) is 52.1 Å². The van der Waals surface area contributed by atoms with Crippen LogP contribution in [-0.4, -0.2) is 9.97 Å². The number of hydrogen-bond donors (Lipinski definition) is 0. The zero-order valence-electron chi connectivity index (χ0n) is 25.9. The first kappa shape index (κ1) is 26.2. The van der Waals surface area contributed by atoms with Crippen LogP contribution in [0.2, 0.25) is 0 Å². The molecule has 222 valence electrons. The smallest absolute Gasteiger partial charge is 0.160 e. The molecule has 1 aliphatic rings. The highest BCUT2D eigenvalue weighted by Gasteiger charge is 2.36. The van der Waals surface area contributed by atoms with Crippen molar-refractivity contribution >= 4 is 43.9 Å². The van der Waals surface area contributed by atoms with Crippen molar-refractivity contribution < 1.29 is 8.83 Å². The van der Waals surface area contributed by atoms with E-state index in [9.17, 15) is 0 Å². The van der Waals surface area contributed by atoms with E-state index in [1.807, 2.05) is 36.4 Å². The van der Waals surface area contributed by atoms with E-state index in [-0.39, 0.29) is 5.41 Å². The van der Waals surface area contributed by atoms with Crippen LogP contribution in [0.1, 0.15) is 25.0 Å². The van der Waals surface area contributed by atoms with Crippen LogP contribution in [0, 0.1) is 0 Å². The Labute approximate surface area is 271 Å². The molecule has 0 saturated carbocycles. The molecule has 3 heterocycles. The van der Waals surface area contributed by atoms with Crippen molar-refractivity contribution in [3.63, 3.8) is 0 Å². The van der Waals surface area contributed by atoms with Gasteiger partial charge in [0.25, 0.3) is 0 Å². The summed E-state index contributed by atoms with van der Waals surface area (Å²) in [5.41, 5.74) is 13.0. The number of para-hydroxylation sites is 3. The van der Waals surface area contributed by atoms with Crippen molar-refractivity contribution in [1.29, 1.82) is 0 Å². The zero-order valence-corrected chi connectivity index (χ0v) is 25.9. The van der Waals surface area contributed by atoms with Crippen molar-refractivity contribution in [2.45, 2.75) is 19.3 Å². The molecule has 0 radical (unpaired) electrons. The van der Waals surface area contributed by atoms with E-state index in [4.69, 9.17) is 18.8 Å². The molecule has 0 fully saturated rings. The third-order valence-corrected chi connectivity index (χ3v) is 9.93. The fraction of sp³-hybridized carbons (Fsp3) is 0.0698. The summed E-state index contributed by atoms with van der Waals surface area (Å²) in [5.74, 6) is 0.635. The van der Waals surface area contributed by atoms with Gasteiger partial charge < -0.3 is 8.83 Å². The Kier molecular flexibility index (Phi) is 5.31. The monoisotopic (exact) mass is 604 g/mol. The maximum atomic E-state index is 6.49. The second-order valence-electron chi connectivity index (χ2n) is 13.0. The molecule has 10 rings (SSSR count). The minimum Gasteiger partial charge on any atom is -0.456 e. The molecule has 0 atom stereocenters. The molecular weight excluding hydrogens is 576 g/mol. The van der Waals surface area contributed by atoms with Crippen molar-refractivity contribution in [2.24, 2.45) is 0 Å². The average Bonchev–Trinajstić information content (AvgIpc) is 3.76. The molecule has 47 heavy (non-hydrogen) atoms. The Morgan fingerprint density at radius 3 is 1.91 bits per heavy atom. The van der Waals surface area contributed by atoms with Crippen molar-refractivity contribution in [1.82, 2.24) is 9.97 Å². The third kappa shape index (κ3) is 3.76. The number of furan rings is 2. The van der Waals surface area contributed by atoms with Gasteiger partial charge in [-0.1, -0.05) is 111 Å². The van der Waals surface area contributed by atoms with Crippen LogP contribution in [0.5, 0.6) is 0 Å². The summed E-state index contributed by atoms with van der Waals surface area (Å²) in [5, 5.41) is 4.34. The minimum absolute atomic E-state index is 0.118. The Morgan fingerprint density at radius 2 is 1.06 bits per heavy atom. The van der Waals surface area contributed by atoms with Crippen LogP contribution >= 0.6 is 0 Å². The van der Waals surface area contributed by atoms with Gasteiger partial charge in [-0.2, -0.15) is 0 Å². The molecule has 1 aliphatic carbocycles. The molecule has 0 amide bonds. The number of rotatable bonds is 3. The SMILES string of the molecule is CC1(C)c2ccccc2-c2c(-c3cc(-c4cccc5c4oc4ccccc45)nc(-c4ccc5c(c4)oc4ccccc45)n3)cccc21. The minimum atomic E-state index is -0.118. The maximum absolute atomic E-state index is 6.49. The molecule has 0 bridgehead atoms. The van der Waals surface area contributed by atoms with E-state index in [1.54, 1.807) is 0 Å². The Balaban J connectivity index is 1.25. The van der Waals surface area contributed by atoms with E-state index in [2.05, 4.69) is 111 Å². The molecule has 0 aliphatic heterocycles. The molecule has 0 spiro atoms. The highest BCUT2D eigenvalue weighted by atomic mass is 16.3. The van der Waals surface area contributed by atoms with Gasteiger partial charge in [0.15, 0.2) is 5.82 Å². The molecule has 3 aromatic heterocycles. The summed E-state index contributed by atoms with van der Waals surface area (Å²) in [6, 6.07) is 46.4. The molecule has 4 nitrogen and oxygen atoms in total. The molecular formula is C43H28N2O2. The van der Waals surface area contributed by atoms with E-state index in [1.165, 1.54) is 22.3 Å². The van der Waals surface area contributed by atoms with Crippen LogP contribution in [-0.2, 0) is 5.41 Å². The highest BCUT2D eigenvalue weighted by molar-refractivity contribution is 6.10. The van der Waals surface area contributed by atoms with Crippen molar-refractivity contribution in [2.75, 3.05) is 0 Å². The molecule has 6 aromatic carbocycles. The lowest BCUT2D eigenvalue weighted by Gasteiger charge is -2.21. The summed E-state index contributed by atoms with van der Waals surface area (Å²) in [4.78, 5) is 10.5. The van der Waals surface area contributed by atoms with Crippen LogP contribution in [0.15, 0.2) is 142 Å². The Hall–Kier alpha value is -6.00. The number of aromatic nitrogens is 2. The van der Waals surface area contributed by atoms with Crippen LogP contribution < -0.4 is 0 Å². The van der Waals surface area contributed by atoms with Crippen molar-refractivity contribution in [3.8, 4) is 45.0 Å². The van der Waals surface area contributed by atoms with Gasteiger partial charge in [0.1, 0.15) is 22.3 Å². The molecule has 0 saturated heterocycles. The summed E-state index contributed by atoms with van der Waals surface area (Å²) >= 11 is 0. The zero-order chi connectivity index (χ0) is 31.3. The summed E-state index contributed by atoms with van der Waals surface area (Å²) in [7, 11) is 0. The second kappa shape index (κ2) is 9.51.